The Kier molecular flexibility index (Phi) is 4.76. The number of aliphatic carboxylic acids is 1. The zero-order chi connectivity index (χ0) is 17.1. The molecule has 0 bridgehead atoms. The lowest BCUT2D eigenvalue weighted by atomic mass is 10.1. The molecule has 24 heavy (non-hydrogen) atoms. The molecule has 1 N–H and O–H groups in total. The summed E-state index contributed by atoms with van der Waals surface area (Å²) in [5.74, 6) is -0.250. The number of carboxylic acid groups (broad SMARTS) is 1. The second-order valence-corrected chi connectivity index (χ2v) is 6.50. The number of amides is 1. The van der Waals surface area contributed by atoms with E-state index in [0.717, 1.165) is 5.56 Å². The van der Waals surface area contributed by atoms with Crippen molar-refractivity contribution in [2.45, 2.75) is 11.4 Å². The number of carbonyl (C=O) groups excluding carboxylic acids is 1. The van der Waals surface area contributed by atoms with Crippen molar-refractivity contribution in [2.24, 2.45) is 0 Å². The minimum Gasteiger partial charge on any atom is -0.497 e. The van der Waals surface area contributed by atoms with Crippen LogP contribution in [0.4, 0.5) is 0 Å². The maximum atomic E-state index is 13.0. The number of rotatable bonds is 4. The molecule has 6 heteroatoms. The van der Waals surface area contributed by atoms with Gasteiger partial charge in [0.25, 0.3) is 5.91 Å². The molecule has 1 fully saturated rings. The largest absolute Gasteiger partial charge is 0.497 e. The molecule has 1 amide bonds. The van der Waals surface area contributed by atoms with E-state index >= 15 is 0 Å². The summed E-state index contributed by atoms with van der Waals surface area (Å²) in [5.41, 5.74) is 1.37. The van der Waals surface area contributed by atoms with Crippen molar-refractivity contribution >= 4 is 23.6 Å². The highest BCUT2D eigenvalue weighted by Crippen LogP contribution is 2.42. The third kappa shape index (κ3) is 3.10. The SMILES string of the molecule is COc1ccc(C(=O)N2C(C(=O)O)CSC2c2ccccc2)cc1. The van der Waals surface area contributed by atoms with E-state index in [-0.39, 0.29) is 11.3 Å². The predicted molar refractivity (Wildman–Crippen MR) is 92.2 cm³/mol. The van der Waals surface area contributed by atoms with Crippen LogP contribution in [-0.4, -0.2) is 40.8 Å². The lowest BCUT2D eigenvalue weighted by molar-refractivity contribution is -0.141. The summed E-state index contributed by atoms with van der Waals surface area (Å²) in [6.45, 7) is 0. The van der Waals surface area contributed by atoms with E-state index in [4.69, 9.17) is 4.74 Å². The third-order valence-corrected chi connectivity index (χ3v) is 5.26. The van der Waals surface area contributed by atoms with E-state index in [1.165, 1.54) is 16.7 Å². The van der Waals surface area contributed by atoms with E-state index in [0.29, 0.717) is 17.1 Å². The Labute approximate surface area is 144 Å². The fourth-order valence-corrected chi connectivity index (χ4v) is 4.12. The van der Waals surface area contributed by atoms with Crippen molar-refractivity contribution < 1.29 is 19.4 Å². The van der Waals surface area contributed by atoms with Crippen LogP contribution >= 0.6 is 11.8 Å². The quantitative estimate of drug-likeness (QED) is 0.924. The van der Waals surface area contributed by atoms with E-state index in [2.05, 4.69) is 0 Å². The van der Waals surface area contributed by atoms with Gasteiger partial charge in [0.1, 0.15) is 17.2 Å². The van der Waals surface area contributed by atoms with Gasteiger partial charge in [0, 0.05) is 11.3 Å². The highest BCUT2D eigenvalue weighted by Gasteiger charge is 2.42. The number of thioether (sulfide) groups is 1. The van der Waals surface area contributed by atoms with Crippen LogP contribution in [0.2, 0.25) is 0 Å². The maximum Gasteiger partial charge on any atom is 0.327 e. The molecule has 0 saturated carbocycles. The molecule has 0 aromatic heterocycles. The normalized spacial score (nSPS) is 20.0. The molecule has 124 valence electrons. The molecule has 2 atom stereocenters. The van der Waals surface area contributed by atoms with E-state index < -0.39 is 12.0 Å². The number of hydrogen-bond acceptors (Lipinski definition) is 4. The lowest BCUT2D eigenvalue weighted by Crippen LogP contribution is -2.42. The molecule has 0 aliphatic carbocycles. The first-order chi connectivity index (χ1) is 11.6. The Morgan fingerprint density at radius 2 is 1.79 bits per heavy atom. The molecule has 2 aromatic carbocycles. The Hall–Kier alpha value is -2.47. The number of benzene rings is 2. The van der Waals surface area contributed by atoms with Crippen molar-refractivity contribution in [3.63, 3.8) is 0 Å². The molecule has 2 unspecified atom stereocenters. The number of nitrogens with zero attached hydrogens (tertiary/aromatic N) is 1. The molecular formula is C18H17NO4S. The van der Waals surface area contributed by atoms with Crippen LogP contribution in [0.25, 0.3) is 0 Å². The van der Waals surface area contributed by atoms with Crippen molar-refractivity contribution in [1.82, 2.24) is 4.90 Å². The van der Waals surface area contributed by atoms with Crippen LogP contribution in [0.5, 0.6) is 5.75 Å². The highest BCUT2D eigenvalue weighted by molar-refractivity contribution is 7.99. The zero-order valence-corrected chi connectivity index (χ0v) is 13.9. The monoisotopic (exact) mass is 343 g/mol. The molecule has 1 heterocycles. The smallest absolute Gasteiger partial charge is 0.327 e. The Morgan fingerprint density at radius 3 is 2.38 bits per heavy atom. The Morgan fingerprint density at radius 1 is 1.12 bits per heavy atom. The van der Waals surface area contributed by atoms with Crippen LogP contribution in [0.15, 0.2) is 54.6 Å². The molecule has 1 aliphatic rings. The molecule has 0 spiro atoms. The van der Waals surface area contributed by atoms with Gasteiger partial charge in [-0.15, -0.1) is 11.8 Å². The molecule has 1 saturated heterocycles. The van der Waals surface area contributed by atoms with Crippen LogP contribution in [0, 0.1) is 0 Å². The summed E-state index contributed by atoms with van der Waals surface area (Å²) in [5, 5.41) is 9.20. The number of carbonyl (C=O) groups is 2. The summed E-state index contributed by atoms with van der Waals surface area (Å²) in [6, 6.07) is 15.4. The summed E-state index contributed by atoms with van der Waals surface area (Å²) in [4.78, 5) is 26.0. The van der Waals surface area contributed by atoms with Gasteiger partial charge in [-0.3, -0.25) is 4.79 Å². The second-order valence-electron chi connectivity index (χ2n) is 5.39. The van der Waals surface area contributed by atoms with Gasteiger partial charge >= 0.3 is 5.97 Å². The van der Waals surface area contributed by atoms with E-state index in [1.807, 2.05) is 30.3 Å². The molecule has 0 radical (unpaired) electrons. The summed E-state index contributed by atoms with van der Waals surface area (Å²) in [7, 11) is 1.56. The van der Waals surface area contributed by atoms with Crippen molar-refractivity contribution in [2.75, 3.05) is 12.9 Å². The average Bonchev–Trinajstić information content (AvgIpc) is 3.07. The number of hydrogen-bond donors (Lipinski definition) is 1. The Bertz CT molecular complexity index is 732. The summed E-state index contributed by atoms with van der Waals surface area (Å²) in [6.07, 6.45) is 0. The first-order valence-electron chi connectivity index (χ1n) is 7.48. The van der Waals surface area contributed by atoms with Gasteiger partial charge in [-0.05, 0) is 29.8 Å². The Balaban J connectivity index is 1.94. The van der Waals surface area contributed by atoms with Gasteiger partial charge in [-0.1, -0.05) is 30.3 Å². The second kappa shape index (κ2) is 6.97. The van der Waals surface area contributed by atoms with Crippen LogP contribution in [0.1, 0.15) is 21.3 Å². The minimum atomic E-state index is -0.984. The molecule has 1 aliphatic heterocycles. The fourth-order valence-electron chi connectivity index (χ4n) is 2.70. The molecular weight excluding hydrogens is 326 g/mol. The van der Waals surface area contributed by atoms with Crippen molar-refractivity contribution in [3.05, 3.63) is 65.7 Å². The van der Waals surface area contributed by atoms with Gasteiger partial charge in [0.05, 0.1) is 7.11 Å². The van der Waals surface area contributed by atoms with E-state index in [9.17, 15) is 14.7 Å². The zero-order valence-electron chi connectivity index (χ0n) is 13.1. The van der Waals surface area contributed by atoms with Crippen LogP contribution < -0.4 is 4.74 Å². The van der Waals surface area contributed by atoms with Crippen molar-refractivity contribution in [3.8, 4) is 5.75 Å². The molecule has 5 nitrogen and oxygen atoms in total. The number of ether oxygens (including phenoxy) is 1. The van der Waals surface area contributed by atoms with Crippen LogP contribution in [-0.2, 0) is 4.79 Å². The number of methoxy groups -OCH3 is 1. The number of carboxylic acids is 1. The third-order valence-electron chi connectivity index (χ3n) is 3.94. The van der Waals surface area contributed by atoms with Crippen molar-refractivity contribution in [1.29, 1.82) is 0 Å². The first-order valence-corrected chi connectivity index (χ1v) is 8.53. The minimum absolute atomic E-state index is 0.288. The van der Waals surface area contributed by atoms with Gasteiger partial charge in [-0.2, -0.15) is 0 Å². The summed E-state index contributed by atoms with van der Waals surface area (Å²) >= 11 is 1.47. The van der Waals surface area contributed by atoms with E-state index in [1.54, 1.807) is 31.4 Å². The maximum absolute atomic E-state index is 13.0. The fraction of sp³-hybridized carbons (Fsp3) is 0.222. The van der Waals surface area contributed by atoms with Gasteiger partial charge in [0.2, 0.25) is 0 Å². The standard InChI is InChI=1S/C18H17NO4S/c1-23-14-9-7-12(8-10-14)16(20)19-15(18(21)22)11-24-17(19)13-5-3-2-4-6-13/h2-10,15,17H,11H2,1H3,(H,21,22). The highest BCUT2D eigenvalue weighted by atomic mass is 32.2. The lowest BCUT2D eigenvalue weighted by Gasteiger charge is -2.27. The predicted octanol–water partition coefficient (Wildman–Crippen LogP) is 3.04. The topological polar surface area (TPSA) is 66.8 Å². The first kappa shape index (κ1) is 16.4. The van der Waals surface area contributed by atoms with Gasteiger partial charge in [-0.25, -0.2) is 4.79 Å². The average molecular weight is 343 g/mol. The van der Waals surface area contributed by atoms with Gasteiger partial charge < -0.3 is 14.7 Å². The summed E-state index contributed by atoms with van der Waals surface area (Å²) < 4.78 is 5.10. The van der Waals surface area contributed by atoms with Gasteiger partial charge in [0.15, 0.2) is 0 Å². The molecule has 2 aromatic rings. The molecule has 3 rings (SSSR count). The van der Waals surface area contributed by atoms with Crippen LogP contribution in [0.3, 0.4) is 0 Å².